The number of benzene rings is 1. The molecule has 20 heavy (non-hydrogen) atoms. The molecule has 5 heteroatoms. The smallest absolute Gasteiger partial charge is 0.346 e. The van der Waals surface area contributed by atoms with E-state index in [9.17, 15) is 9.59 Å². The van der Waals surface area contributed by atoms with Gasteiger partial charge in [-0.1, -0.05) is 24.3 Å². The fourth-order valence-corrected chi connectivity index (χ4v) is 2.85. The molecule has 0 aliphatic carbocycles. The van der Waals surface area contributed by atoms with E-state index in [0.29, 0.717) is 10.6 Å². The van der Waals surface area contributed by atoms with Gasteiger partial charge in [-0.15, -0.1) is 11.3 Å². The number of carbonyl (C=O) groups is 2. The monoisotopic (exact) mass is 289 g/mol. The minimum Gasteiger partial charge on any atom is -0.477 e. The van der Waals surface area contributed by atoms with E-state index in [1.54, 1.807) is 13.0 Å². The highest BCUT2D eigenvalue weighted by atomic mass is 32.1. The molecule has 1 amide bonds. The summed E-state index contributed by atoms with van der Waals surface area (Å²) in [6.07, 6.45) is 0.284. The first-order chi connectivity index (χ1) is 9.47. The molecule has 1 aromatic heterocycles. The molecule has 0 aliphatic heterocycles. The third-order valence-electron chi connectivity index (χ3n) is 2.99. The number of hydrogen-bond donors (Lipinski definition) is 2. The Kier molecular flexibility index (Phi) is 4.20. The van der Waals surface area contributed by atoms with Crippen LogP contribution in [0.15, 0.2) is 30.3 Å². The van der Waals surface area contributed by atoms with Gasteiger partial charge in [-0.2, -0.15) is 0 Å². The Morgan fingerprint density at radius 3 is 2.50 bits per heavy atom. The molecule has 4 nitrogen and oxygen atoms in total. The van der Waals surface area contributed by atoms with Gasteiger partial charge in [-0.05, 0) is 36.6 Å². The van der Waals surface area contributed by atoms with Gasteiger partial charge >= 0.3 is 5.97 Å². The molecule has 0 aliphatic rings. The van der Waals surface area contributed by atoms with Gasteiger partial charge in [-0.25, -0.2) is 4.79 Å². The Morgan fingerprint density at radius 1 is 1.20 bits per heavy atom. The SMILES string of the molecule is Cc1ccccc1CC(=O)Nc1cc(C)c(C(=O)O)s1. The number of thiophene rings is 1. The molecule has 1 heterocycles. The molecule has 0 spiro atoms. The number of hydrogen-bond acceptors (Lipinski definition) is 3. The number of aryl methyl sites for hydroxylation is 2. The molecule has 0 unspecified atom stereocenters. The molecule has 0 bridgehead atoms. The van der Waals surface area contributed by atoms with Crippen molar-refractivity contribution in [1.29, 1.82) is 0 Å². The molecule has 1 aromatic carbocycles. The van der Waals surface area contributed by atoms with Crippen LogP contribution in [0.5, 0.6) is 0 Å². The zero-order valence-corrected chi connectivity index (χ0v) is 12.1. The summed E-state index contributed by atoms with van der Waals surface area (Å²) in [6, 6.07) is 9.38. The highest BCUT2D eigenvalue weighted by Crippen LogP contribution is 2.26. The van der Waals surface area contributed by atoms with Crippen LogP contribution in [0.3, 0.4) is 0 Å². The van der Waals surface area contributed by atoms with Gasteiger partial charge in [-0.3, -0.25) is 4.79 Å². The van der Waals surface area contributed by atoms with Gasteiger partial charge in [0, 0.05) is 0 Å². The molecule has 2 aromatic rings. The quantitative estimate of drug-likeness (QED) is 0.908. The standard InChI is InChI=1S/C15H15NO3S/c1-9-5-3-4-6-11(9)8-12(17)16-13-7-10(2)14(20-13)15(18)19/h3-7H,8H2,1-2H3,(H,16,17)(H,18,19). The molecule has 0 saturated heterocycles. The first-order valence-corrected chi connectivity index (χ1v) is 6.97. The van der Waals surface area contributed by atoms with Gasteiger partial charge < -0.3 is 10.4 Å². The van der Waals surface area contributed by atoms with Gasteiger partial charge in [0.05, 0.1) is 11.4 Å². The lowest BCUT2D eigenvalue weighted by atomic mass is 10.1. The summed E-state index contributed by atoms with van der Waals surface area (Å²) < 4.78 is 0. The Hall–Kier alpha value is -2.14. The average Bonchev–Trinajstić information content (AvgIpc) is 2.73. The minimum atomic E-state index is -0.966. The molecular formula is C15H15NO3S. The molecule has 2 N–H and O–H groups in total. The predicted molar refractivity (Wildman–Crippen MR) is 79.5 cm³/mol. The number of carbonyl (C=O) groups excluding carboxylic acids is 1. The summed E-state index contributed by atoms with van der Waals surface area (Å²) in [7, 11) is 0. The van der Waals surface area contributed by atoms with Crippen molar-refractivity contribution >= 4 is 28.2 Å². The summed E-state index contributed by atoms with van der Waals surface area (Å²) in [5.74, 6) is -1.11. The van der Waals surface area contributed by atoms with Gasteiger partial charge in [0.15, 0.2) is 0 Å². The van der Waals surface area contributed by atoms with Crippen LogP contribution in [-0.4, -0.2) is 17.0 Å². The molecule has 2 rings (SSSR count). The van der Waals surface area contributed by atoms with E-state index in [1.807, 2.05) is 31.2 Å². The lowest BCUT2D eigenvalue weighted by Crippen LogP contribution is -2.14. The fourth-order valence-electron chi connectivity index (χ4n) is 1.92. The van der Waals surface area contributed by atoms with E-state index in [-0.39, 0.29) is 17.2 Å². The summed E-state index contributed by atoms with van der Waals surface area (Å²) in [4.78, 5) is 23.2. The van der Waals surface area contributed by atoms with E-state index < -0.39 is 5.97 Å². The molecule has 0 radical (unpaired) electrons. The molecule has 0 atom stereocenters. The normalized spacial score (nSPS) is 10.3. The number of aromatic carboxylic acids is 1. The first kappa shape index (κ1) is 14.3. The number of carboxylic acids is 1. The molecular weight excluding hydrogens is 274 g/mol. The van der Waals surface area contributed by atoms with Gasteiger partial charge in [0.25, 0.3) is 0 Å². The Labute approximate surface area is 121 Å². The molecule has 104 valence electrons. The second-order valence-corrected chi connectivity index (χ2v) is 5.63. The lowest BCUT2D eigenvalue weighted by molar-refractivity contribution is -0.115. The first-order valence-electron chi connectivity index (χ1n) is 6.15. The van der Waals surface area contributed by atoms with Crippen molar-refractivity contribution in [2.24, 2.45) is 0 Å². The number of anilines is 1. The number of amides is 1. The summed E-state index contributed by atoms with van der Waals surface area (Å²) in [6.45, 7) is 3.68. The molecule has 0 fully saturated rings. The number of nitrogens with one attached hydrogen (secondary N) is 1. The van der Waals surface area contributed by atoms with Crippen molar-refractivity contribution in [2.45, 2.75) is 20.3 Å². The van der Waals surface area contributed by atoms with Crippen molar-refractivity contribution < 1.29 is 14.7 Å². The number of carboxylic acid groups (broad SMARTS) is 1. The van der Waals surface area contributed by atoms with Gasteiger partial charge in [0.1, 0.15) is 4.88 Å². The topological polar surface area (TPSA) is 66.4 Å². The Balaban J connectivity index is 2.07. The van der Waals surface area contributed by atoms with Crippen LogP contribution in [0.2, 0.25) is 0 Å². The lowest BCUT2D eigenvalue weighted by Gasteiger charge is -2.05. The molecule has 0 saturated carbocycles. The maximum Gasteiger partial charge on any atom is 0.346 e. The van der Waals surface area contributed by atoms with Crippen molar-refractivity contribution in [1.82, 2.24) is 0 Å². The Morgan fingerprint density at radius 2 is 1.90 bits per heavy atom. The van der Waals surface area contributed by atoms with Gasteiger partial charge in [0.2, 0.25) is 5.91 Å². The predicted octanol–water partition coefficient (Wildman–Crippen LogP) is 3.24. The maximum atomic E-state index is 12.0. The van der Waals surface area contributed by atoms with Crippen molar-refractivity contribution in [2.75, 3.05) is 5.32 Å². The second-order valence-electron chi connectivity index (χ2n) is 4.58. The van der Waals surface area contributed by atoms with E-state index in [2.05, 4.69) is 5.32 Å². The largest absolute Gasteiger partial charge is 0.477 e. The highest BCUT2D eigenvalue weighted by Gasteiger charge is 2.14. The van der Waals surface area contributed by atoms with Crippen LogP contribution >= 0.6 is 11.3 Å². The minimum absolute atomic E-state index is 0.141. The van der Waals surface area contributed by atoms with Crippen LogP contribution in [0.25, 0.3) is 0 Å². The summed E-state index contributed by atoms with van der Waals surface area (Å²) >= 11 is 1.08. The third kappa shape index (κ3) is 3.24. The van der Waals surface area contributed by atoms with Crippen LogP contribution in [-0.2, 0) is 11.2 Å². The van der Waals surface area contributed by atoms with Crippen LogP contribution < -0.4 is 5.32 Å². The Bertz CT molecular complexity index is 661. The van der Waals surface area contributed by atoms with Crippen LogP contribution in [0, 0.1) is 13.8 Å². The van der Waals surface area contributed by atoms with E-state index >= 15 is 0 Å². The zero-order chi connectivity index (χ0) is 14.7. The zero-order valence-electron chi connectivity index (χ0n) is 11.3. The second kappa shape index (κ2) is 5.88. The number of rotatable bonds is 4. The van der Waals surface area contributed by atoms with Crippen molar-refractivity contribution in [3.63, 3.8) is 0 Å². The fraction of sp³-hybridized carbons (Fsp3) is 0.200. The van der Waals surface area contributed by atoms with Crippen molar-refractivity contribution in [3.05, 3.63) is 51.9 Å². The van der Waals surface area contributed by atoms with E-state index in [4.69, 9.17) is 5.11 Å². The summed E-state index contributed by atoms with van der Waals surface area (Å²) in [5, 5.41) is 12.3. The van der Waals surface area contributed by atoms with E-state index in [1.165, 1.54) is 0 Å². The van der Waals surface area contributed by atoms with Crippen molar-refractivity contribution in [3.8, 4) is 0 Å². The van der Waals surface area contributed by atoms with E-state index in [0.717, 1.165) is 22.5 Å². The third-order valence-corrected chi connectivity index (χ3v) is 4.13. The highest BCUT2D eigenvalue weighted by molar-refractivity contribution is 7.18. The van der Waals surface area contributed by atoms with Crippen LogP contribution in [0.1, 0.15) is 26.4 Å². The average molecular weight is 289 g/mol. The summed E-state index contributed by atoms with van der Waals surface area (Å²) in [5.41, 5.74) is 2.70. The maximum absolute atomic E-state index is 12.0. The van der Waals surface area contributed by atoms with Crippen LogP contribution in [0.4, 0.5) is 5.00 Å².